The van der Waals surface area contributed by atoms with Gasteiger partial charge in [-0.05, 0) is 43.4 Å². The summed E-state index contributed by atoms with van der Waals surface area (Å²) in [6, 6.07) is 20.5. The zero-order valence-corrected chi connectivity index (χ0v) is 20.9. The monoisotopic (exact) mass is 498 g/mol. The number of pyridine rings is 1. The summed E-state index contributed by atoms with van der Waals surface area (Å²) in [6.45, 7) is 3.62. The summed E-state index contributed by atoms with van der Waals surface area (Å²) in [5.74, 6) is 2.21. The summed E-state index contributed by atoms with van der Waals surface area (Å²) in [5, 5.41) is 9.44. The standard InChI is InChI=1S/C27H30N8O2/c1-34-13-15-35(16-14-34)27-32-24(19-7-6-10-22(17-19)37-2)31-26(33-27)30-23-18-20(11-12-28-23)25(36)29-21-8-4-3-5-9-21/h3-12,17-18,27H,13-16H2,1-2H3,(H,29,36)(H2,28,30,31,32,33). The Morgan fingerprint density at radius 1 is 1.00 bits per heavy atom. The van der Waals surface area contributed by atoms with Crippen molar-refractivity contribution < 1.29 is 9.53 Å². The van der Waals surface area contributed by atoms with Gasteiger partial charge in [-0.15, -0.1) is 0 Å². The first-order valence-electron chi connectivity index (χ1n) is 12.2. The van der Waals surface area contributed by atoms with E-state index in [4.69, 9.17) is 14.7 Å². The molecule has 1 amide bonds. The van der Waals surface area contributed by atoms with Gasteiger partial charge in [-0.3, -0.25) is 9.69 Å². The Hall–Kier alpha value is -4.28. The number of rotatable bonds is 6. The minimum Gasteiger partial charge on any atom is -0.497 e. The molecule has 3 N–H and O–H groups in total. The van der Waals surface area contributed by atoms with E-state index in [-0.39, 0.29) is 12.2 Å². The molecular weight excluding hydrogens is 468 g/mol. The van der Waals surface area contributed by atoms with Gasteiger partial charge in [0.1, 0.15) is 17.4 Å². The van der Waals surface area contributed by atoms with Crippen LogP contribution in [-0.2, 0) is 0 Å². The predicted octanol–water partition coefficient (Wildman–Crippen LogP) is 2.69. The van der Waals surface area contributed by atoms with Crippen molar-refractivity contribution in [1.29, 1.82) is 0 Å². The van der Waals surface area contributed by atoms with E-state index < -0.39 is 0 Å². The molecular formula is C27H30N8O2. The smallest absolute Gasteiger partial charge is 0.255 e. The number of piperazine rings is 1. The number of methoxy groups -OCH3 is 1. The average Bonchev–Trinajstić information content (AvgIpc) is 2.94. The second-order valence-electron chi connectivity index (χ2n) is 8.87. The molecule has 190 valence electrons. The van der Waals surface area contributed by atoms with Crippen LogP contribution in [0.15, 0.2) is 82.9 Å². The number of nitrogens with zero attached hydrogens (tertiary/aromatic N) is 5. The van der Waals surface area contributed by atoms with Crippen molar-refractivity contribution in [2.75, 3.05) is 51.0 Å². The van der Waals surface area contributed by atoms with Gasteiger partial charge in [0.25, 0.3) is 5.91 Å². The van der Waals surface area contributed by atoms with Crippen LogP contribution in [0.25, 0.3) is 0 Å². The minimum absolute atomic E-state index is 0.218. The molecule has 5 rings (SSSR count). The van der Waals surface area contributed by atoms with Crippen LogP contribution in [-0.4, -0.2) is 79.1 Å². The van der Waals surface area contributed by atoms with Crippen LogP contribution >= 0.6 is 0 Å². The van der Waals surface area contributed by atoms with Crippen molar-refractivity contribution >= 4 is 29.2 Å². The quantitative estimate of drug-likeness (QED) is 0.480. The van der Waals surface area contributed by atoms with E-state index in [1.165, 1.54) is 0 Å². The summed E-state index contributed by atoms with van der Waals surface area (Å²) >= 11 is 0. The zero-order chi connectivity index (χ0) is 25.6. The van der Waals surface area contributed by atoms with Crippen LogP contribution in [0.2, 0.25) is 0 Å². The van der Waals surface area contributed by atoms with Gasteiger partial charge >= 0.3 is 0 Å². The maximum absolute atomic E-state index is 12.8. The molecule has 1 saturated heterocycles. The van der Waals surface area contributed by atoms with Crippen molar-refractivity contribution in [2.24, 2.45) is 9.98 Å². The van der Waals surface area contributed by atoms with Crippen molar-refractivity contribution in [3.8, 4) is 5.75 Å². The number of likely N-dealkylation sites (N-methyl/N-ethyl adjacent to an activating group) is 1. The Balaban J connectivity index is 1.37. The number of carbonyl (C=O) groups excluding carboxylic acids is 1. The fourth-order valence-electron chi connectivity index (χ4n) is 4.12. The molecule has 0 aliphatic carbocycles. The van der Waals surface area contributed by atoms with Crippen molar-refractivity contribution in [3.63, 3.8) is 0 Å². The predicted molar refractivity (Wildman–Crippen MR) is 145 cm³/mol. The molecule has 1 aromatic heterocycles. The van der Waals surface area contributed by atoms with Crippen LogP contribution in [0.5, 0.6) is 5.75 Å². The molecule has 0 bridgehead atoms. The van der Waals surface area contributed by atoms with Crippen LogP contribution in [0.1, 0.15) is 15.9 Å². The normalized spacial score (nSPS) is 18.3. The molecule has 1 atom stereocenters. The number of amides is 1. The van der Waals surface area contributed by atoms with Gasteiger partial charge in [-0.2, -0.15) is 0 Å². The summed E-state index contributed by atoms with van der Waals surface area (Å²) in [6.07, 6.45) is 1.21. The average molecular weight is 499 g/mol. The highest BCUT2D eigenvalue weighted by atomic mass is 16.5. The fourth-order valence-corrected chi connectivity index (χ4v) is 4.12. The fraction of sp³-hybridized carbons (Fsp3) is 0.259. The van der Waals surface area contributed by atoms with Crippen LogP contribution in [0.3, 0.4) is 0 Å². The molecule has 37 heavy (non-hydrogen) atoms. The first kappa shape index (κ1) is 24.4. The maximum atomic E-state index is 12.8. The highest BCUT2D eigenvalue weighted by Gasteiger charge is 2.26. The van der Waals surface area contributed by atoms with Gasteiger partial charge in [-0.1, -0.05) is 30.3 Å². The van der Waals surface area contributed by atoms with Gasteiger partial charge < -0.3 is 25.6 Å². The molecule has 2 aliphatic heterocycles. The lowest BCUT2D eigenvalue weighted by molar-refractivity contribution is 0.102. The van der Waals surface area contributed by atoms with E-state index in [1.807, 2.05) is 54.6 Å². The lowest BCUT2D eigenvalue weighted by atomic mass is 10.2. The first-order chi connectivity index (χ1) is 18.1. The molecule has 2 aromatic carbocycles. The van der Waals surface area contributed by atoms with E-state index >= 15 is 0 Å². The van der Waals surface area contributed by atoms with Crippen molar-refractivity contribution in [2.45, 2.75) is 6.29 Å². The lowest BCUT2D eigenvalue weighted by Gasteiger charge is -2.36. The summed E-state index contributed by atoms with van der Waals surface area (Å²) in [7, 11) is 3.76. The van der Waals surface area contributed by atoms with Crippen molar-refractivity contribution in [1.82, 2.24) is 20.1 Å². The largest absolute Gasteiger partial charge is 0.497 e. The van der Waals surface area contributed by atoms with E-state index in [9.17, 15) is 4.79 Å². The second kappa shape index (κ2) is 11.2. The van der Waals surface area contributed by atoms with Gasteiger partial charge in [0.2, 0.25) is 12.2 Å². The number of carbonyl (C=O) groups is 1. The highest BCUT2D eigenvalue weighted by molar-refractivity contribution is 6.13. The van der Waals surface area contributed by atoms with Crippen LogP contribution in [0.4, 0.5) is 11.5 Å². The van der Waals surface area contributed by atoms with E-state index in [2.05, 4.69) is 37.8 Å². The van der Waals surface area contributed by atoms with Gasteiger partial charge in [0.15, 0.2) is 0 Å². The number of amidine groups is 1. The summed E-state index contributed by atoms with van der Waals surface area (Å²) in [4.78, 5) is 31.5. The molecule has 10 heteroatoms. The first-order valence-corrected chi connectivity index (χ1v) is 12.2. The number of hydrogen-bond acceptors (Lipinski definition) is 9. The number of ether oxygens (including phenoxy) is 1. The second-order valence-corrected chi connectivity index (χ2v) is 8.87. The summed E-state index contributed by atoms with van der Waals surface area (Å²) in [5.41, 5.74) is 2.10. The molecule has 0 spiro atoms. The highest BCUT2D eigenvalue weighted by Crippen LogP contribution is 2.18. The molecule has 10 nitrogen and oxygen atoms in total. The Bertz CT molecular complexity index is 1300. The number of nitrogens with one attached hydrogen (secondary N) is 3. The number of anilines is 2. The number of aliphatic imine (C=N–C) groups is 2. The van der Waals surface area contributed by atoms with Crippen LogP contribution < -0.4 is 20.7 Å². The van der Waals surface area contributed by atoms with Crippen LogP contribution in [0, 0.1) is 0 Å². The number of para-hydroxylation sites is 1. The molecule has 0 radical (unpaired) electrons. The lowest BCUT2D eigenvalue weighted by Crippen LogP contribution is -2.51. The van der Waals surface area contributed by atoms with E-state index in [1.54, 1.807) is 25.4 Å². The third-order valence-electron chi connectivity index (χ3n) is 6.23. The Morgan fingerprint density at radius 3 is 2.59 bits per heavy atom. The molecule has 2 aliphatic rings. The Labute approximate surface area is 216 Å². The van der Waals surface area contributed by atoms with Gasteiger partial charge in [-0.25, -0.2) is 15.0 Å². The topological polar surface area (TPSA) is 106 Å². The third kappa shape index (κ3) is 6.11. The zero-order valence-electron chi connectivity index (χ0n) is 20.9. The number of hydrogen-bond donors (Lipinski definition) is 3. The Kier molecular flexibility index (Phi) is 7.38. The third-order valence-corrected chi connectivity index (χ3v) is 6.23. The molecule has 3 heterocycles. The molecule has 1 unspecified atom stereocenters. The van der Waals surface area contributed by atoms with E-state index in [0.29, 0.717) is 23.2 Å². The number of guanidine groups is 1. The van der Waals surface area contributed by atoms with E-state index in [0.717, 1.165) is 43.2 Å². The van der Waals surface area contributed by atoms with Gasteiger partial charge in [0, 0.05) is 49.2 Å². The minimum atomic E-state index is -0.386. The SMILES string of the molecule is COc1cccc(C2=NC(N3CCN(C)CC3)N=C(Nc3cc(C(=O)Nc4ccccc4)ccn3)N2)c1. The number of aromatic nitrogens is 1. The number of benzene rings is 2. The molecule has 1 fully saturated rings. The van der Waals surface area contributed by atoms with Crippen molar-refractivity contribution in [3.05, 3.63) is 84.1 Å². The maximum Gasteiger partial charge on any atom is 0.255 e. The molecule has 3 aromatic rings. The summed E-state index contributed by atoms with van der Waals surface area (Å²) < 4.78 is 5.41. The Morgan fingerprint density at radius 2 is 1.81 bits per heavy atom. The molecule has 0 saturated carbocycles. The van der Waals surface area contributed by atoms with Gasteiger partial charge in [0.05, 0.1) is 7.11 Å².